The van der Waals surface area contributed by atoms with Crippen LogP contribution in [0.3, 0.4) is 0 Å². The predicted molar refractivity (Wildman–Crippen MR) is 226 cm³/mol. The zero-order valence-corrected chi connectivity index (χ0v) is 34.7. The fraction of sp³-hybridized carbons (Fsp3) is 0.587. The molecule has 0 spiro atoms. The summed E-state index contributed by atoms with van der Waals surface area (Å²) >= 11 is 0. The zero-order chi connectivity index (χ0) is 39.8. The molecule has 4 aliphatic carbocycles. The molecule has 4 saturated carbocycles. The number of nitrogens with one attached hydrogen (secondary N) is 3. The Kier molecular flexibility index (Phi) is 11.3. The minimum absolute atomic E-state index is 0.0976. The highest BCUT2D eigenvalue weighted by molar-refractivity contribution is 6.08. The molecular formula is C46H62N8O3. The van der Waals surface area contributed by atoms with Crippen LogP contribution < -0.4 is 21.1 Å². The Morgan fingerprint density at radius 3 is 2.28 bits per heavy atom. The topological polar surface area (TPSA) is 128 Å². The van der Waals surface area contributed by atoms with Crippen LogP contribution in [0.25, 0.3) is 22.0 Å². The van der Waals surface area contributed by atoms with E-state index in [4.69, 9.17) is 4.98 Å². The van der Waals surface area contributed by atoms with Crippen molar-refractivity contribution in [2.24, 2.45) is 29.1 Å². The van der Waals surface area contributed by atoms with Gasteiger partial charge in [-0.05, 0) is 157 Å². The summed E-state index contributed by atoms with van der Waals surface area (Å²) in [5.41, 5.74) is 5.73. The monoisotopic (exact) mass is 774 g/mol. The quantitative estimate of drug-likeness (QED) is 0.116. The van der Waals surface area contributed by atoms with Crippen LogP contribution in [0.1, 0.15) is 112 Å². The fourth-order valence-electron chi connectivity index (χ4n) is 11.2. The Morgan fingerprint density at radius 2 is 1.63 bits per heavy atom. The van der Waals surface area contributed by atoms with Crippen molar-refractivity contribution >= 4 is 28.5 Å². The predicted octanol–water partition coefficient (Wildman–Crippen LogP) is 7.18. The van der Waals surface area contributed by atoms with Crippen LogP contribution in [0.15, 0.2) is 47.5 Å². The number of nitrogens with zero attached hydrogens (tertiary/aromatic N) is 5. The molecule has 3 aromatic heterocycles. The van der Waals surface area contributed by atoms with Gasteiger partial charge < -0.3 is 20.5 Å². The van der Waals surface area contributed by atoms with Gasteiger partial charge in [-0.15, -0.1) is 0 Å². The molecule has 11 heteroatoms. The zero-order valence-electron chi connectivity index (χ0n) is 34.7. The molecular weight excluding hydrogens is 713 g/mol. The third-order valence-corrected chi connectivity index (χ3v) is 13.8. The molecule has 11 nitrogen and oxygen atoms in total. The van der Waals surface area contributed by atoms with Crippen LogP contribution in [-0.4, -0.2) is 75.7 Å². The van der Waals surface area contributed by atoms with Crippen LogP contribution in [-0.2, 0) is 11.3 Å². The van der Waals surface area contributed by atoms with E-state index in [0.29, 0.717) is 16.5 Å². The molecule has 57 heavy (non-hydrogen) atoms. The summed E-state index contributed by atoms with van der Waals surface area (Å²) in [6.45, 7) is 15.6. The lowest BCUT2D eigenvalue weighted by atomic mass is 9.48. The van der Waals surface area contributed by atoms with Crippen LogP contribution in [0.2, 0.25) is 0 Å². The Labute approximate surface area is 337 Å². The number of aryl methyl sites for hydroxylation is 2. The van der Waals surface area contributed by atoms with Gasteiger partial charge in [0.2, 0.25) is 5.91 Å². The van der Waals surface area contributed by atoms with E-state index in [2.05, 4.69) is 69.5 Å². The molecule has 9 rings (SSSR count). The number of carbonyl (C=O) groups is 2. The molecule has 1 aromatic carbocycles. The van der Waals surface area contributed by atoms with Crippen molar-refractivity contribution in [3.05, 3.63) is 75.5 Å². The minimum Gasteiger partial charge on any atom is -0.356 e. The lowest BCUT2D eigenvalue weighted by molar-refractivity contribution is -0.125. The highest BCUT2D eigenvalue weighted by atomic mass is 16.2. The van der Waals surface area contributed by atoms with Crippen LogP contribution in [0.5, 0.6) is 0 Å². The number of hydrogen-bond donors (Lipinski definition) is 3. The Bertz CT molecular complexity index is 2110. The summed E-state index contributed by atoms with van der Waals surface area (Å²) in [4.78, 5) is 51.9. The van der Waals surface area contributed by atoms with E-state index in [1.807, 2.05) is 36.9 Å². The number of pyridine rings is 2. The number of fused-ring (bicyclic) bond motifs is 1. The molecule has 1 atom stereocenters. The highest BCUT2D eigenvalue weighted by Gasteiger charge is 2.50. The number of H-pyrrole nitrogens is 1. The Hall–Kier alpha value is -4.51. The van der Waals surface area contributed by atoms with Gasteiger partial charge >= 0.3 is 0 Å². The van der Waals surface area contributed by atoms with E-state index in [9.17, 15) is 14.4 Å². The third kappa shape index (κ3) is 8.54. The fourth-order valence-corrected chi connectivity index (χ4v) is 11.2. The Morgan fingerprint density at radius 1 is 0.912 bits per heavy atom. The molecule has 5 aliphatic rings. The lowest BCUT2D eigenvalue weighted by Crippen LogP contribution is -2.47. The first-order chi connectivity index (χ1) is 27.4. The van der Waals surface area contributed by atoms with E-state index in [0.717, 1.165) is 109 Å². The number of piperazine rings is 1. The summed E-state index contributed by atoms with van der Waals surface area (Å²) in [5.74, 6) is 3.93. The summed E-state index contributed by atoms with van der Waals surface area (Å²) in [6, 6.07) is 10.2. The molecule has 1 aliphatic heterocycles. The second kappa shape index (κ2) is 16.4. The van der Waals surface area contributed by atoms with Crippen LogP contribution in [0.4, 0.5) is 5.82 Å². The van der Waals surface area contributed by atoms with E-state index in [-0.39, 0.29) is 35.9 Å². The maximum absolute atomic E-state index is 13.7. The molecule has 3 N–H and O–H groups in total. The number of hydrogen-bond acceptors (Lipinski definition) is 7. The van der Waals surface area contributed by atoms with Crippen molar-refractivity contribution in [1.82, 2.24) is 35.3 Å². The SMILES string of the molecule is Cc1cc(C)c(CNC(=O)c2cc(-c3ccc(N4CCN(CCCNC(=O)[C@H](C)CCC56CC7CC(CC(C7)C5)C6)CC4)nc3)cc3c2cnn3C(C)C)c(=O)[nH]1. The van der Waals surface area contributed by atoms with Gasteiger partial charge in [0.25, 0.3) is 11.5 Å². The number of amides is 2. The first kappa shape index (κ1) is 39.3. The number of aromatic nitrogens is 4. The van der Waals surface area contributed by atoms with Gasteiger partial charge in [0.1, 0.15) is 5.82 Å². The number of anilines is 1. The van der Waals surface area contributed by atoms with Gasteiger partial charge in [0, 0.05) is 79.6 Å². The Balaban J connectivity index is 0.824. The minimum atomic E-state index is -0.258. The molecule has 304 valence electrons. The summed E-state index contributed by atoms with van der Waals surface area (Å²) in [7, 11) is 0. The van der Waals surface area contributed by atoms with Crippen molar-refractivity contribution in [3.63, 3.8) is 0 Å². The van der Waals surface area contributed by atoms with E-state index in [1.165, 1.54) is 44.9 Å². The first-order valence-corrected chi connectivity index (χ1v) is 21.6. The van der Waals surface area contributed by atoms with Crippen molar-refractivity contribution in [1.29, 1.82) is 0 Å². The van der Waals surface area contributed by atoms with E-state index >= 15 is 0 Å². The van der Waals surface area contributed by atoms with Crippen molar-refractivity contribution in [2.45, 2.75) is 105 Å². The first-order valence-electron chi connectivity index (χ1n) is 21.6. The summed E-state index contributed by atoms with van der Waals surface area (Å²) in [5, 5.41) is 11.6. The van der Waals surface area contributed by atoms with Crippen molar-refractivity contribution < 1.29 is 9.59 Å². The third-order valence-electron chi connectivity index (χ3n) is 13.8. The standard InChI is InChI=1S/C46H62N8O3/c1-29(2)54-41-22-37(21-38(40(41)28-50-54)44(56)49-27-39-31(4)17-32(5)51-45(39)57)36-7-8-42(48-26-36)53-15-13-52(14-16-53)12-6-11-47-43(55)30(3)9-10-46-23-33-18-34(24-46)20-35(19-33)25-46/h7-8,17,21-22,26,28-30,33-35H,6,9-16,18-20,23-25,27H2,1-5H3,(H,47,55)(H,49,56)(H,51,57)/t30-,33?,34?,35?,46?/m1/s1. The van der Waals surface area contributed by atoms with E-state index in [1.54, 1.807) is 6.20 Å². The molecule has 1 saturated heterocycles. The number of carbonyl (C=O) groups excluding carboxylic acids is 2. The molecule has 4 aromatic rings. The largest absolute Gasteiger partial charge is 0.356 e. The van der Waals surface area contributed by atoms with Crippen LogP contribution in [0, 0.1) is 42.9 Å². The molecule has 4 heterocycles. The summed E-state index contributed by atoms with van der Waals surface area (Å²) in [6.07, 6.45) is 15.6. The number of benzene rings is 1. The van der Waals surface area contributed by atoms with Crippen molar-refractivity contribution in [2.75, 3.05) is 44.2 Å². The molecule has 4 bridgehead atoms. The van der Waals surface area contributed by atoms with E-state index < -0.39 is 0 Å². The normalized spacial score (nSPS) is 23.7. The molecule has 0 radical (unpaired) electrons. The van der Waals surface area contributed by atoms with Gasteiger partial charge in [0.05, 0.1) is 17.3 Å². The summed E-state index contributed by atoms with van der Waals surface area (Å²) < 4.78 is 1.93. The highest BCUT2D eigenvalue weighted by Crippen LogP contribution is 2.61. The maximum Gasteiger partial charge on any atom is 0.253 e. The second-order valence-electron chi connectivity index (χ2n) is 18.5. The molecule has 5 fully saturated rings. The maximum atomic E-state index is 13.7. The molecule has 0 unspecified atom stereocenters. The van der Waals surface area contributed by atoms with Gasteiger partial charge in [-0.3, -0.25) is 24.0 Å². The average Bonchev–Trinajstić information content (AvgIpc) is 3.62. The van der Waals surface area contributed by atoms with Gasteiger partial charge in [0.15, 0.2) is 0 Å². The smallest absolute Gasteiger partial charge is 0.253 e. The van der Waals surface area contributed by atoms with Crippen molar-refractivity contribution in [3.8, 4) is 11.1 Å². The van der Waals surface area contributed by atoms with Gasteiger partial charge in [-0.25, -0.2) is 4.98 Å². The van der Waals surface area contributed by atoms with Gasteiger partial charge in [-0.1, -0.05) is 6.92 Å². The lowest BCUT2D eigenvalue weighted by Gasteiger charge is -2.57. The average molecular weight is 775 g/mol. The number of rotatable bonds is 14. The number of aromatic amines is 1. The van der Waals surface area contributed by atoms with Crippen LogP contribution >= 0.6 is 0 Å². The second-order valence-corrected chi connectivity index (χ2v) is 18.5. The van der Waals surface area contributed by atoms with Gasteiger partial charge in [-0.2, -0.15) is 5.10 Å². The molecule has 2 amide bonds.